The van der Waals surface area contributed by atoms with E-state index in [0.717, 1.165) is 52.2 Å². The predicted molar refractivity (Wildman–Crippen MR) is 253 cm³/mol. The molecule has 57 heavy (non-hydrogen) atoms. The van der Waals surface area contributed by atoms with E-state index in [9.17, 15) is 0 Å². The highest BCUT2D eigenvalue weighted by Crippen LogP contribution is 2.39. The Morgan fingerprint density at radius 1 is 0.421 bits per heavy atom. The van der Waals surface area contributed by atoms with E-state index in [1.165, 1.54) is 67.0 Å². The molecule has 0 spiro atoms. The van der Waals surface area contributed by atoms with Gasteiger partial charge in [-0.15, -0.1) is 0 Å². The molecule has 0 saturated heterocycles. The Balaban J connectivity index is 0.000000251. The molecule has 0 heterocycles. The van der Waals surface area contributed by atoms with E-state index in [4.69, 9.17) is 0 Å². The highest BCUT2D eigenvalue weighted by atomic mass is 15.1. The standard InChI is InChI=1S/C33H41N3.C19H26N2/c1-6-34-32-24-23-31(29-13-11-12-14-30(29)32)33(25-15-19-27(20-16-25)35(7-2)8-3)26-17-21-28(22-18-26)36(9-4)10-5;1-5-21(6-2)19-13-9-17(10-14-19)15-16-7-11-18(12-8-16)20(3)4/h11-24,33-34H,6-10H2,1-5H3;7-14H,5-6,15H2,1-4H3. The van der Waals surface area contributed by atoms with Gasteiger partial charge in [0.05, 0.1) is 0 Å². The minimum Gasteiger partial charge on any atom is -0.385 e. The molecule has 0 atom stereocenters. The molecule has 0 unspecified atom stereocenters. The lowest BCUT2D eigenvalue weighted by Gasteiger charge is -2.26. The third-order valence-corrected chi connectivity index (χ3v) is 11.3. The van der Waals surface area contributed by atoms with Crippen molar-refractivity contribution in [1.29, 1.82) is 0 Å². The molecular weight excluding hydrogens is 695 g/mol. The van der Waals surface area contributed by atoms with Crippen LogP contribution in [0.25, 0.3) is 10.8 Å². The molecule has 0 aliphatic carbocycles. The van der Waals surface area contributed by atoms with E-state index in [1.807, 2.05) is 0 Å². The summed E-state index contributed by atoms with van der Waals surface area (Å²) in [5.41, 5.74) is 13.0. The molecular formula is C52H67N5. The Morgan fingerprint density at radius 2 is 0.807 bits per heavy atom. The SMILES string of the molecule is CCN(CC)c1ccc(Cc2ccc(N(C)C)cc2)cc1.CCNc1ccc(C(c2ccc(N(CC)CC)cc2)c2ccc(N(CC)CC)cc2)c2ccccc12. The predicted octanol–water partition coefficient (Wildman–Crippen LogP) is 12.3. The van der Waals surface area contributed by atoms with Crippen LogP contribution in [0.1, 0.15) is 82.2 Å². The number of benzene rings is 6. The molecule has 6 rings (SSSR count). The van der Waals surface area contributed by atoms with Gasteiger partial charge in [0, 0.05) is 99.6 Å². The second-order valence-electron chi connectivity index (χ2n) is 14.8. The summed E-state index contributed by atoms with van der Waals surface area (Å²) in [5.74, 6) is 0.155. The van der Waals surface area contributed by atoms with E-state index in [1.54, 1.807) is 0 Å². The monoisotopic (exact) mass is 762 g/mol. The van der Waals surface area contributed by atoms with E-state index in [2.05, 4.69) is 221 Å². The van der Waals surface area contributed by atoms with Crippen molar-refractivity contribution >= 4 is 39.2 Å². The average Bonchev–Trinajstić information content (AvgIpc) is 3.25. The fraction of sp³-hybridized carbons (Fsp3) is 0.346. The third-order valence-electron chi connectivity index (χ3n) is 11.3. The summed E-state index contributed by atoms with van der Waals surface area (Å²) in [6.45, 7) is 22.5. The van der Waals surface area contributed by atoms with Crippen LogP contribution < -0.4 is 24.9 Å². The first-order valence-corrected chi connectivity index (χ1v) is 21.3. The maximum atomic E-state index is 3.55. The Hall–Kier alpha value is -5.42. The summed E-state index contributed by atoms with van der Waals surface area (Å²) < 4.78 is 0. The van der Waals surface area contributed by atoms with E-state index >= 15 is 0 Å². The Morgan fingerprint density at radius 3 is 1.19 bits per heavy atom. The first-order chi connectivity index (χ1) is 27.8. The number of hydrogen-bond acceptors (Lipinski definition) is 5. The van der Waals surface area contributed by atoms with Crippen molar-refractivity contribution in [2.75, 3.05) is 84.8 Å². The zero-order valence-corrected chi connectivity index (χ0v) is 36.2. The zero-order valence-electron chi connectivity index (χ0n) is 36.2. The van der Waals surface area contributed by atoms with Crippen LogP contribution in [-0.4, -0.2) is 59.9 Å². The number of rotatable bonds is 17. The molecule has 5 heteroatoms. The summed E-state index contributed by atoms with van der Waals surface area (Å²) in [6.07, 6.45) is 0.992. The number of nitrogens with zero attached hydrogens (tertiary/aromatic N) is 4. The lowest BCUT2D eigenvalue weighted by atomic mass is 9.82. The summed E-state index contributed by atoms with van der Waals surface area (Å²) in [4.78, 5) is 9.30. The number of nitrogens with one attached hydrogen (secondary N) is 1. The molecule has 0 aliphatic heterocycles. The maximum absolute atomic E-state index is 3.55. The van der Waals surface area contributed by atoms with Crippen molar-refractivity contribution in [2.45, 2.75) is 60.8 Å². The second-order valence-corrected chi connectivity index (χ2v) is 14.8. The van der Waals surface area contributed by atoms with Crippen LogP contribution >= 0.6 is 0 Å². The molecule has 0 bridgehead atoms. The van der Waals surface area contributed by atoms with Gasteiger partial charge < -0.3 is 24.9 Å². The number of fused-ring (bicyclic) bond motifs is 1. The van der Waals surface area contributed by atoms with Crippen LogP contribution in [0, 0.1) is 0 Å². The van der Waals surface area contributed by atoms with Gasteiger partial charge in [0.2, 0.25) is 0 Å². The second kappa shape index (κ2) is 21.2. The maximum Gasteiger partial charge on any atom is 0.0419 e. The quantitative estimate of drug-likeness (QED) is 0.0934. The van der Waals surface area contributed by atoms with Crippen molar-refractivity contribution in [3.8, 4) is 0 Å². The van der Waals surface area contributed by atoms with E-state index < -0.39 is 0 Å². The van der Waals surface area contributed by atoms with Crippen molar-refractivity contribution in [2.24, 2.45) is 0 Å². The van der Waals surface area contributed by atoms with Gasteiger partial charge in [0.15, 0.2) is 0 Å². The molecule has 0 saturated carbocycles. The lowest BCUT2D eigenvalue weighted by molar-refractivity contribution is 0.863. The summed E-state index contributed by atoms with van der Waals surface area (Å²) >= 11 is 0. The van der Waals surface area contributed by atoms with Crippen molar-refractivity contribution in [3.05, 3.63) is 161 Å². The van der Waals surface area contributed by atoms with E-state index in [-0.39, 0.29) is 5.92 Å². The van der Waals surface area contributed by atoms with Gasteiger partial charge in [0.1, 0.15) is 0 Å². The van der Waals surface area contributed by atoms with Crippen molar-refractivity contribution < 1.29 is 0 Å². The lowest BCUT2D eigenvalue weighted by Crippen LogP contribution is -2.22. The largest absolute Gasteiger partial charge is 0.385 e. The molecule has 0 aromatic heterocycles. The first-order valence-electron chi connectivity index (χ1n) is 21.3. The third kappa shape index (κ3) is 10.7. The van der Waals surface area contributed by atoms with Gasteiger partial charge in [-0.2, -0.15) is 0 Å². The number of hydrogen-bond donors (Lipinski definition) is 1. The minimum absolute atomic E-state index is 0.155. The van der Waals surface area contributed by atoms with Gasteiger partial charge in [-0.25, -0.2) is 0 Å². The summed E-state index contributed by atoms with van der Waals surface area (Å²) in [6, 6.07) is 49.6. The van der Waals surface area contributed by atoms with Crippen molar-refractivity contribution in [1.82, 2.24) is 0 Å². The molecule has 6 aromatic rings. The smallest absolute Gasteiger partial charge is 0.0419 e. The van der Waals surface area contributed by atoms with E-state index in [0.29, 0.717) is 0 Å². The Bertz CT molecular complexity index is 2000. The fourth-order valence-electron chi connectivity index (χ4n) is 7.96. The highest BCUT2D eigenvalue weighted by molar-refractivity contribution is 5.97. The molecule has 300 valence electrons. The summed E-state index contributed by atoms with van der Waals surface area (Å²) in [7, 11) is 4.14. The minimum atomic E-state index is 0.155. The first kappa shape index (κ1) is 42.7. The Labute approximate surface area is 345 Å². The van der Waals surface area contributed by atoms with Gasteiger partial charge in [0.25, 0.3) is 0 Å². The fourth-order valence-corrected chi connectivity index (χ4v) is 7.96. The van der Waals surface area contributed by atoms with Crippen LogP contribution in [0.2, 0.25) is 0 Å². The summed E-state index contributed by atoms with van der Waals surface area (Å²) in [5, 5.41) is 6.14. The zero-order chi connectivity index (χ0) is 40.7. The molecule has 5 nitrogen and oxygen atoms in total. The normalized spacial score (nSPS) is 10.9. The van der Waals surface area contributed by atoms with Crippen LogP contribution in [0.4, 0.5) is 28.4 Å². The molecule has 0 fully saturated rings. The van der Waals surface area contributed by atoms with Gasteiger partial charge in [-0.05, 0) is 143 Å². The van der Waals surface area contributed by atoms with Crippen molar-refractivity contribution in [3.63, 3.8) is 0 Å². The van der Waals surface area contributed by atoms with Crippen LogP contribution in [0.3, 0.4) is 0 Å². The topological polar surface area (TPSA) is 25.0 Å². The van der Waals surface area contributed by atoms with Gasteiger partial charge in [-0.3, -0.25) is 0 Å². The van der Waals surface area contributed by atoms with Gasteiger partial charge >= 0.3 is 0 Å². The molecule has 0 aliphatic rings. The Kier molecular flexibility index (Phi) is 15.9. The molecule has 0 amide bonds. The molecule has 6 aromatic carbocycles. The number of anilines is 5. The molecule has 1 N–H and O–H groups in total. The highest BCUT2D eigenvalue weighted by Gasteiger charge is 2.21. The van der Waals surface area contributed by atoms with Crippen LogP contribution in [0.5, 0.6) is 0 Å². The molecule has 0 radical (unpaired) electrons. The van der Waals surface area contributed by atoms with Crippen LogP contribution in [-0.2, 0) is 6.42 Å². The van der Waals surface area contributed by atoms with Crippen LogP contribution in [0.15, 0.2) is 133 Å². The average molecular weight is 762 g/mol. The van der Waals surface area contributed by atoms with Gasteiger partial charge in [-0.1, -0.05) is 78.9 Å².